The smallest absolute Gasteiger partial charge is 0.0353 e. The molecule has 0 fully saturated rings. The van der Waals surface area contributed by atoms with Crippen LogP contribution in [0.5, 0.6) is 0 Å². The molecule has 0 aliphatic carbocycles. The Morgan fingerprint density at radius 3 is 1.81 bits per heavy atom. The minimum absolute atomic E-state index is 1.17. The van der Waals surface area contributed by atoms with Gasteiger partial charge in [-0.15, -0.1) is 0 Å². The van der Waals surface area contributed by atoms with E-state index in [-0.39, 0.29) is 0 Å². The van der Waals surface area contributed by atoms with E-state index in [4.69, 9.17) is 0 Å². The van der Waals surface area contributed by atoms with Gasteiger partial charge in [0.05, 0.1) is 0 Å². The Bertz CT molecular complexity index is 1830. The van der Waals surface area contributed by atoms with E-state index < -0.39 is 0 Å². The van der Waals surface area contributed by atoms with Gasteiger partial charge in [0.1, 0.15) is 0 Å². The van der Waals surface area contributed by atoms with Crippen molar-refractivity contribution in [2.24, 2.45) is 0 Å². The van der Waals surface area contributed by atoms with E-state index in [1.165, 1.54) is 65.7 Å². The van der Waals surface area contributed by atoms with Crippen LogP contribution in [-0.4, -0.2) is 4.98 Å². The zero-order valence-corrected chi connectivity index (χ0v) is 19.7. The summed E-state index contributed by atoms with van der Waals surface area (Å²) in [5, 5.41) is 7.41. The highest BCUT2D eigenvalue weighted by Gasteiger charge is 2.16. The summed E-state index contributed by atoms with van der Waals surface area (Å²) in [5.41, 5.74) is 7.36. The SMILES string of the molecule is c1ccc(-c2c3ccccc3c(-c3cccc(-c4ccc5ccccc5c4)c3)c3cnccc23)cc1. The fourth-order valence-electron chi connectivity index (χ4n) is 5.47. The topological polar surface area (TPSA) is 12.9 Å². The number of aromatic nitrogens is 1. The molecule has 0 saturated carbocycles. The van der Waals surface area contributed by atoms with E-state index in [1.807, 2.05) is 12.4 Å². The first-order valence-electron chi connectivity index (χ1n) is 12.3. The maximum atomic E-state index is 4.56. The Balaban J connectivity index is 1.51. The first-order chi connectivity index (χ1) is 17.9. The summed E-state index contributed by atoms with van der Waals surface area (Å²) in [5.74, 6) is 0. The molecular formula is C35H23N. The lowest BCUT2D eigenvalue weighted by Crippen LogP contribution is -1.91. The standard InChI is InChI=1S/C35H23N/c1-2-10-25(11-3-1)34-30-15-6-7-16-31(30)35(33-23-36-20-19-32(33)34)29-14-8-13-27(22-29)28-18-17-24-9-4-5-12-26(24)21-28/h1-23H. The lowest BCUT2D eigenvalue weighted by molar-refractivity contribution is 1.37. The highest BCUT2D eigenvalue weighted by Crippen LogP contribution is 2.43. The minimum Gasteiger partial charge on any atom is -0.264 e. The van der Waals surface area contributed by atoms with Gasteiger partial charge in [0.15, 0.2) is 0 Å². The van der Waals surface area contributed by atoms with Crippen LogP contribution in [0, 0.1) is 0 Å². The van der Waals surface area contributed by atoms with Gasteiger partial charge in [-0.2, -0.15) is 0 Å². The van der Waals surface area contributed by atoms with E-state index in [0.29, 0.717) is 0 Å². The van der Waals surface area contributed by atoms with Gasteiger partial charge in [0, 0.05) is 17.8 Å². The summed E-state index contributed by atoms with van der Waals surface area (Å²) in [7, 11) is 0. The van der Waals surface area contributed by atoms with Crippen LogP contribution < -0.4 is 0 Å². The molecule has 0 aliphatic heterocycles. The van der Waals surface area contributed by atoms with Crippen molar-refractivity contribution < 1.29 is 0 Å². The third kappa shape index (κ3) is 3.37. The fraction of sp³-hybridized carbons (Fsp3) is 0. The maximum Gasteiger partial charge on any atom is 0.0353 e. The summed E-state index contributed by atoms with van der Waals surface area (Å²) in [6, 6.07) is 45.7. The predicted molar refractivity (Wildman–Crippen MR) is 153 cm³/mol. The molecule has 0 bridgehead atoms. The van der Waals surface area contributed by atoms with E-state index in [9.17, 15) is 0 Å². The van der Waals surface area contributed by atoms with Crippen LogP contribution in [0.4, 0.5) is 0 Å². The van der Waals surface area contributed by atoms with Gasteiger partial charge in [0.25, 0.3) is 0 Å². The van der Waals surface area contributed by atoms with Crippen molar-refractivity contribution in [3.63, 3.8) is 0 Å². The van der Waals surface area contributed by atoms with Crippen LogP contribution >= 0.6 is 0 Å². The molecule has 0 radical (unpaired) electrons. The van der Waals surface area contributed by atoms with Gasteiger partial charge >= 0.3 is 0 Å². The third-order valence-corrected chi connectivity index (χ3v) is 7.12. The highest BCUT2D eigenvalue weighted by atomic mass is 14.6. The van der Waals surface area contributed by atoms with Gasteiger partial charge in [-0.1, -0.05) is 109 Å². The maximum absolute atomic E-state index is 4.56. The first kappa shape index (κ1) is 20.6. The monoisotopic (exact) mass is 457 g/mol. The number of hydrogen-bond donors (Lipinski definition) is 0. The summed E-state index contributed by atoms with van der Waals surface area (Å²) >= 11 is 0. The predicted octanol–water partition coefficient (Wildman–Crippen LogP) is 9.54. The zero-order chi connectivity index (χ0) is 23.9. The zero-order valence-electron chi connectivity index (χ0n) is 19.7. The molecular weight excluding hydrogens is 434 g/mol. The van der Waals surface area contributed by atoms with E-state index in [0.717, 1.165) is 0 Å². The molecule has 0 amide bonds. The Morgan fingerprint density at radius 2 is 0.972 bits per heavy atom. The third-order valence-electron chi connectivity index (χ3n) is 7.12. The Hall–Kier alpha value is -4.75. The van der Waals surface area contributed by atoms with Crippen LogP contribution in [-0.2, 0) is 0 Å². The van der Waals surface area contributed by atoms with Gasteiger partial charge in [-0.25, -0.2) is 0 Å². The molecule has 1 heteroatoms. The second kappa shape index (κ2) is 8.48. The number of nitrogens with zero attached hydrogens (tertiary/aromatic N) is 1. The summed E-state index contributed by atoms with van der Waals surface area (Å²) < 4.78 is 0. The second-order valence-electron chi connectivity index (χ2n) is 9.23. The van der Waals surface area contributed by atoms with Crippen LogP contribution in [0.1, 0.15) is 0 Å². The summed E-state index contributed by atoms with van der Waals surface area (Å²) in [4.78, 5) is 4.56. The van der Waals surface area contributed by atoms with Crippen molar-refractivity contribution in [3.05, 3.63) is 140 Å². The molecule has 36 heavy (non-hydrogen) atoms. The largest absolute Gasteiger partial charge is 0.264 e. The van der Waals surface area contributed by atoms with Gasteiger partial charge in [-0.05, 0) is 78.5 Å². The Labute approximate surface area is 210 Å². The van der Waals surface area contributed by atoms with Gasteiger partial charge in [0.2, 0.25) is 0 Å². The van der Waals surface area contributed by atoms with Gasteiger partial charge in [-0.3, -0.25) is 4.98 Å². The van der Waals surface area contributed by atoms with Crippen LogP contribution in [0.2, 0.25) is 0 Å². The molecule has 1 heterocycles. The highest BCUT2D eigenvalue weighted by molar-refractivity contribution is 6.21. The van der Waals surface area contributed by atoms with Crippen molar-refractivity contribution in [1.29, 1.82) is 0 Å². The number of rotatable bonds is 3. The van der Waals surface area contributed by atoms with E-state index >= 15 is 0 Å². The van der Waals surface area contributed by atoms with Crippen molar-refractivity contribution in [3.8, 4) is 33.4 Å². The minimum atomic E-state index is 1.17. The molecule has 0 saturated heterocycles. The molecule has 0 spiro atoms. The molecule has 1 nitrogen and oxygen atoms in total. The molecule has 0 N–H and O–H groups in total. The fourth-order valence-corrected chi connectivity index (χ4v) is 5.47. The average Bonchev–Trinajstić information content (AvgIpc) is 2.96. The van der Waals surface area contributed by atoms with Crippen molar-refractivity contribution >= 4 is 32.3 Å². The number of hydrogen-bond acceptors (Lipinski definition) is 1. The van der Waals surface area contributed by atoms with Crippen LogP contribution in [0.25, 0.3) is 65.7 Å². The molecule has 0 unspecified atom stereocenters. The molecule has 0 aliphatic rings. The van der Waals surface area contributed by atoms with Crippen LogP contribution in [0.3, 0.4) is 0 Å². The lowest BCUT2D eigenvalue weighted by Gasteiger charge is -2.18. The van der Waals surface area contributed by atoms with Gasteiger partial charge < -0.3 is 0 Å². The molecule has 6 aromatic carbocycles. The normalized spacial score (nSPS) is 11.3. The molecule has 0 atom stereocenters. The van der Waals surface area contributed by atoms with Crippen molar-refractivity contribution in [2.75, 3.05) is 0 Å². The number of fused-ring (bicyclic) bond motifs is 3. The van der Waals surface area contributed by atoms with Crippen molar-refractivity contribution in [2.45, 2.75) is 0 Å². The van der Waals surface area contributed by atoms with Crippen LogP contribution in [0.15, 0.2) is 140 Å². The number of benzene rings is 6. The quantitative estimate of drug-likeness (QED) is 0.241. The Kier molecular flexibility index (Phi) is 4.85. The summed E-state index contributed by atoms with van der Waals surface area (Å²) in [6.07, 6.45) is 3.92. The second-order valence-corrected chi connectivity index (χ2v) is 9.23. The van der Waals surface area contributed by atoms with Crippen molar-refractivity contribution in [1.82, 2.24) is 4.98 Å². The lowest BCUT2D eigenvalue weighted by atomic mass is 9.86. The first-order valence-corrected chi connectivity index (χ1v) is 12.3. The summed E-state index contributed by atoms with van der Waals surface area (Å²) in [6.45, 7) is 0. The number of pyridine rings is 1. The average molecular weight is 458 g/mol. The van der Waals surface area contributed by atoms with E-state index in [2.05, 4.69) is 132 Å². The molecule has 7 aromatic rings. The van der Waals surface area contributed by atoms with E-state index in [1.54, 1.807) is 0 Å². The molecule has 1 aromatic heterocycles. The molecule has 168 valence electrons. The Morgan fingerprint density at radius 1 is 0.361 bits per heavy atom. The molecule has 7 rings (SSSR count).